The largest absolute Gasteiger partial charge is 0.383 e. The summed E-state index contributed by atoms with van der Waals surface area (Å²) in [5, 5.41) is 2.74. The first kappa shape index (κ1) is 21.0. The number of amides is 1. The summed E-state index contributed by atoms with van der Waals surface area (Å²) >= 11 is 0. The number of methoxy groups -OCH3 is 1. The molecule has 1 amide bonds. The van der Waals surface area contributed by atoms with E-state index in [1.54, 1.807) is 25.1 Å². The van der Waals surface area contributed by atoms with Crippen LogP contribution in [0.15, 0.2) is 47.4 Å². The van der Waals surface area contributed by atoms with Crippen LogP contribution in [0.4, 0.5) is 4.39 Å². The van der Waals surface area contributed by atoms with Crippen molar-refractivity contribution in [1.82, 2.24) is 10.0 Å². The van der Waals surface area contributed by atoms with Gasteiger partial charge in [-0.1, -0.05) is 18.2 Å². The molecule has 2 aromatic rings. The van der Waals surface area contributed by atoms with Crippen molar-refractivity contribution in [3.63, 3.8) is 0 Å². The van der Waals surface area contributed by atoms with Gasteiger partial charge in [-0.05, 0) is 48.7 Å². The number of sulfonamides is 1. The van der Waals surface area contributed by atoms with Crippen LogP contribution in [-0.2, 0) is 21.2 Å². The van der Waals surface area contributed by atoms with Crippen molar-refractivity contribution in [2.45, 2.75) is 18.2 Å². The highest BCUT2D eigenvalue weighted by molar-refractivity contribution is 7.89. The third-order valence-electron chi connectivity index (χ3n) is 3.95. The number of hydrogen-bond acceptors (Lipinski definition) is 4. The van der Waals surface area contributed by atoms with Gasteiger partial charge in [-0.15, -0.1) is 0 Å². The fourth-order valence-electron chi connectivity index (χ4n) is 2.48. The van der Waals surface area contributed by atoms with E-state index < -0.39 is 10.0 Å². The summed E-state index contributed by atoms with van der Waals surface area (Å²) in [5.41, 5.74) is 1.71. The van der Waals surface area contributed by atoms with Gasteiger partial charge in [-0.3, -0.25) is 4.79 Å². The number of rotatable bonds is 9. The molecule has 0 saturated carbocycles. The Morgan fingerprint density at radius 3 is 2.63 bits per heavy atom. The van der Waals surface area contributed by atoms with Gasteiger partial charge in [0.25, 0.3) is 5.91 Å². The van der Waals surface area contributed by atoms with Crippen LogP contribution in [0.1, 0.15) is 21.5 Å². The van der Waals surface area contributed by atoms with Gasteiger partial charge in [0.1, 0.15) is 5.82 Å². The minimum atomic E-state index is -3.73. The SMILES string of the molecule is COCCNS(=O)(=O)c1ccc(C)c(C(=O)NCCc2cccc(F)c2)c1. The highest BCUT2D eigenvalue weighted by Gasteiger charge is 2.17. The van der Waals surface area contributed by atoms with Gasteiger partial charge in [-0.2, -0.15) is 0 Å². The zero-order chi connectivity index (χ0) is 19.9. The van der Waals surface area contributed by atoms with Crippen molar-refractivity contribution in [2.24, 2.45) is 0 Å². The number of carbonyl (C=O) groups excluding carboxylic acids is 1. The summed E-state index contributed by atoms with van der Waals surface area (Å²) in [7, 11) is -2.25. The second kappa shape index (κ2) is 9.59. The number of carbonyl (C=O) groups is 1. The third kappa shape index (κ3) is 6.13. The first-order chi connectivity index (χ1) is 12.8. The van der Waals surface area contributed by atoms with Crippen LogP contribution >= 0.6 is 0 Å². The molecule has 0 fully saturated rings. The molecule has 0 atom stereocenters. The Morgan fingerprint density at radius 2 is 1.93 bits per heavy atom. The average molecular weight is 394 g/mol. The standard InChI is InChI=1S/C19H23FN2O4S/c1-14-6-7-17(27(24,25)22-10-11-26-2)13-18(14)19(23)21-9-8-15-4-3-5-16(20)12-15/h3-7,12-13,22H,8-11H2,1-2H3,(H,21,23). The second-order valence-electron chi connectivity index (χ2n) is 6.00. The lowest BCUT2D eigenvalue weighted by molar-refractivity contribution is 0.0953. The molecule has 2 N–H and O–H groups in total. The lowest BCUT2D eigenvalue weighted by Gasteiger charge is -2.11. The Morgan fingerprint density at radius 1 is 1.15 bits per heavy atom. The summed E-state index contributed by atoms with van der Waals surface area (Å²) in [6, 6.07) is 10.6. The van der Waals surface area contributed by atoms with E-state index in [0.717, 1.165) is 5.56 Å². The normalized spacial score (nSPS) is 11.4. The highest BCUT2D eigenvalue weighted by Crippen LogP contribution is 2.16. The monoisotopic (exact) mass is 394 g/mol. The van der Waals surface area contributed by atoms with Crippen LogP contribution in [0.25, 0.3) is 0 Å². The van der Waals surface area contributed by atoms with Gasteiger partial charge in [0.05, 0.1) is 11.5 Å². The third-order valence-corrected chi connectivity index (χ3v) is 5.41. The molecule has 0 bridgehead atoms. The van der Waals surface area contributed by atoms with Crippen molar-refractivity contribution < 1.29 is 22.3 Å². The predicted molar refractivity (Wildman–Crippen MR) is 101 cm³/mol. The van der Waals surface area contributed by atoms with Crippen LogP contribution in [-0.4, -0.2) is 41.1 Å². The zero-order valence-corrected chi connectivity index (χ0v) is 16.1. The molecule has 0 heterocycles. The summed E-state index contributed by atoms with van der Waals surface area (Å²) in [6.45, 7) is 2.43. The number of benzene rings is 2. The van der Waals surface area contributed by atoms with E-state index in [2.05, 4.69) is 10.0 Å². The predicted octanol–water partition coefficient (Wildman–Crippen LogP) is 2.03. The number of ether oxygens (including phenoxy) is 1. The topological polar surface area (TPSA) is 84.5 Å². The molecule has 0 aliphatic carbocycles. The minimum Gasteiger partial charge on any atom is -0.383 e. The second-order valence-corrected chi connectivity index (χ2v) is 7.77. The first-order valence-corrected chi connectivity index (χ1v) is 9.93. The van der Waals surface area contributed by atoms with Crippen molar-refractivity contribution in [3.05, 3.63) is 65.0 Å². The smallest absolute Gasteiger partial charge is 0.251 e. The van der Waals surface area contributed by atoms with E-state index in [-0.39, 0.29) is 35.3 Å². The van der Waals surface area contributed by atoms with Gasteiger partial charge in [-0.25, -0.2) is 17.5 Å². The van der Waals surface area contributed by atoms with E-state index in [9.17, 15) is 17.6 Å². The summed E-state index contributed by atoms with van der Waals surface area (Å²) in [5.74, 6) is -0.702. The van der Waals surface area contributed by atoms with Gasteiger partial charge in [0.15, 0.2) is 0 Å². The number of nitrogens with one attached hydrogen (secondary N) is 2. The fourth-order valence-corrected chi connectivity index (χ4v) is 3.52. The van der Waals surface area contributed by atoms with Gasteiger partial charge in [0, 0.05) is 25.8 Å². The van der Waals surface area contributed by atoms with Gasteiger partial charge < -0.3 is 10.1 Å². The molecule has 0 spiro atoms. The molecule has 2 aromatic carbocycles. The fraction of sp³-hybridized carbons (Fsp3) is 0.316. The van der Waals surface area contributed by atoms with Gasteiger partial charge in [0.2, 0.25) is 10.0 Å². The lowest BCUT2D eigenvalue weighted by atomic mass is 10.1. The molecule has 6 nitrogen and oxygen atoms in total. The van der Waals surface area contributed by atoms with Crippen LogP contribution in [0, 0.1) is 12.7 Å². The van der Waals surface area contributed by atoms with Crippen molar-refractivity contribution in [1.29, 1.82) is 0 Å². The summed E-state index contributed by atoms with van der Waals surface area (Å²) < 4.78 is 45.0. The lowest BCUT2D eigenvalue weighted by Crippen LogP contribution is -2.29. The van der Waals surface area contributed by atoms with E-state index >= 15 is 0 Å². The minimum absolute atomic E-state index is 0.0134. The molecule has 27 heavy (non-hydrogen) atoms. The Kier molecular flexibility index (Phi) is 7.46. The molecule has 0 aliphatic heterocycles. The molecule has 0 aliphatic rings. The number of hydrogen-bond donors (Lipinski definition) is 2. The Labute approximate surface area is 158 Å². The van der Waals surface area contributed by atoms with Crippen molar-refractivity contribution in [3.8, 4) is 0 Å². The zero-order valence-electron chi connectivity index (χ0n) is 15.3. The average Bonchev–Trinajstić information content (AvgIpc) is 2.62. The molecular formula is C19H23FN2O4S. The van der Waals surface area contributed by atoms with Gasteiger partial charge >= 0.3 is 0 Å². The Hall–Kier alpha value is -2.29. The van der Waals surface area contributed by atoms with E-state index in [1.165, 1.54) is 31.4 Å². The Balaban J connectivity index is 2.05. The first-order valence-electron chi connectivity index (χ1n) is 8.45. The molecule has 2 rings (SSSR count). The molecular weight excluding hydrogens is 371 g/mol. The van der Waals surface area contributed by atoms with Crippen LogP contribution in [0.5, 0.6) is 0 Å². The summed E-state index contributed by atoms with van der Waals surface area (Å²) in [6.07, 6.45) is 0.471. The van der Waals surface area contributed by atoms with Crippen LogP contribution in [0.3, 0.4) is 0 Å². The van der Waals surface area contributed by atoms with Crippen molar-refractivity contribution in [2.75, 3.05) is 26.8 Å². The maximum atomic E-state index is 13.2. The molecule has 0 saturated heterocycles. The van der Waals surface area contributed by atoms with E-state index in [4.69, 9.17) is 4.74 Å². The Bertz CT molecular complexity index is 900. The molecule has 0 aromatic heterocycles. The number of halogens is 1. The maximum absolute atomic E-state index is 13.2. The quantitative estimate of drug-likeness (QED) is 0.638. The molecule has 146 valence electrons. The van der Waals surface area contributed by atoms with Crippen LogP contribution < -0.4 is 10.0 Å². The number of aryl methyl sites for hydroxylation is 1. The van der Waals surface area contributed by atoms with E-state index in [0.29, 0.717) is 18.5 Å². The van der Waals surface area contributed by atoms with Crippen LogP contribution in [0.2, 0.25) is 0 Å². The molecule has 8 heteroatoms. The van der Waals surface area contributed by atoms with E-state index in [1.807, 2.05) is 0 Å². The summed E-state index contributed by atoms with van der Waals surface area (Å²) in [4.78, 5) is 12.5. The van der Waals surface area contributed by atoms with Crippen molar-refractivity contribution >= 4 is 15.9 Å². The molecule has 0 unspecified atom stereocenters. The highest BCUT2D eigenvalue weighted by atomic mass is 32.2. The molecule has 0 radical (unpaired) electrons. The maximum Gasteiger partial charge on any atom is 0.251 e.